The lowest BCUT2D eigenvalue weighted by Gasteiger charge is -2.28. The second-order valence-corrected chi connectivity index (χ2v) is 7.61. The third kappa shape index (κ3) is 3.47. The Hall–Kier alpha value is -1.46. The largest absolute Gasteiger partial charge is 0.380 e. The molecule has 0 saturated heterocycles. The molecule has 3 nitrogen and oxygen atoms in total. The van der Waals surface area contributed by atoms with Gasteiger partial charge in [-0.05, 0) is 43.7 Å². The van der Waals surface area contributed by atoms with Crippen LogP contribution < -0.4 is 5.32 Å². The topological polar surface area (TPSA) is 38.3 Å². The van der Waals surface area contributed by atoms with Crippen molar-refractivity contribution in [2.24, 2.45) is 5.92 Å². The predicted octanol–water partition coefficient (Wildman–Crippen LogP) is 4.89. The first-order chi connectivity index (χ1) is 11.6. The number of halogens is 1. The number of ether oxygens (including phenoxy) is 1. The maximum Gasteiger partial charge on any atom is 0.261 e. The van der Waals surface area contributed by atoms with Gasteiger partial charge in [-0.15, -0.1) is 11.3 Å². The number of methoxy groups -OCH3 is 1. The third-order valence-electron chi connectivity index (χ3n) is 5.02. The molecule has 1 aromatic carbocycles. The lowest BCUT2D eigenvalue weighted by Crippen LogP contribution is -2.37. The summed E-state index contributed by atoms with van der Waals surface area (Å²) in [6, 6.07) is 5.19. The molecule has 5 heteroatoms. The zero-order valence-electron chi connectivity index (χ0n) is 14.2. The monoisotopic (exact) mass is 349 g/mol. The normalized spacial score (nSPS) is 21.1. The van der Waals surface area contributed by atoms with Crippen molar-refractivity contribution in [3.8, 4) is 0 Å². The Kier molecular flexibility index (Phi) is 5.51. The van der Waals surface area contributed by atoms with E-state index in [0.717, 1.165) is 23.5 Å². The van der Waals surface area contributed by atoms with Gasteiger partial charge in [-0.25, -0.2) is 4.39 Å². The van der Waals surface area contributed by atoms with Crippen LogP contribution in [0.5, 0.6) is 0 Å². The van der Waals surface area contributed by atoms with Crippen molar-refractivity contribution in [1.82, 2.24) is 5.32 Å². The second-order valence-electron chi connectivity index (χ2n) is 6.56. The molecule has 1 saturated carbocycles. The van der Waals surface area contributed by atoms with Gasteiger partial charge in [-0.3, -0.25) is 4.79 Å². The number of hydrogen-bond acceptors (Lipinski definition) is 3. The van der Waals surface area contributed by atoms with Gasteiger partial charge in [-0.1, -0.05) is 19.4 Å². The summed E-state index contributed by atoms with van der Waals surface area (Å²) in [4.78, 5) is 13.3. The minimum absolute atomic E-state index is 0.0948. The van der Waals surface area contributed by atoms with Gasteiger partial charge in [0, 0.05) is 28.8 Å². The van der Waals surface area contributed by atoms with Crippen molar-refractivity contribution in [2.45, 2.75) is 51.7 Å². The minimum Gasteiger partial charge on any atom is -0.380 e. The van der Waals surface area contributed by atoms with Crippen LogP contribution in [0.4, 0.5) is 4.39 Å². The summed E-state index contributed by atoms with van der Waals surface area (Å²) in [6.07, 6.45) is 5.63. The number of rotatable bonds is 5. The maximum absolute atomic E-state index is 14.2. The molecule has 0 atom stereocenters. The van der Waals surface area contributed by atoms with Crippen LogP contribution in [-0.4, -0.2) is 19.1 Å². The van der Waals surface area contributed by atoms with Gasteiger partial charge in [0.2, 0.25) is 0 Å². The maximum atomic E-state index is 14.2. The Morgan fingerprint density at radius 2 is 2.08 bits per heavy atom. The fourth-order valence-corrected chi connectivity index (χ4v) is 4.72. The van der Waals surface area contributed by atoms with Gasteiger partial charge in [0.15, 0.2) is 0 Å². The van der Waals surface area contributed by atoms with E-state index in [0.29, 0.717) is 15.8 Å². The van der Waals surface area contributed by atoms with Crippen LogP contribution in [0.15, 0.2) is 18.2 Å². The van der Waals surface area contributed by atoms with E-state index in [2.05, 4.69) is 12.2 Å². The molecule has 3 rings (SSSR count). The summed E-state index contributed by atoms with van der Waals surface area (Å²) in [5, 5.41) is 3.67. The summed E-state index contributed by atoms with van der Waals surface area (Å²) in [7, 11) is 1.57. The summed E-state index contributed by atoms with van der Waals surface area (Å²) in [5.74, 6) is 0.404. The number of carbonyl (C=O) groups excluding carboxylic acids is 1. The van der Waals surface area contributed by atoms with Crippen LogP contribution in [0.2, 0.25) is 0 Å². The molecular formula is C19H24FNO2S. The average molecular weight is 349 g/mol. The van der Waals surface area contributed by atoms with Crippen molar-refractivity contribution in [3.63, 3.8) is 0 Å². The molecule has 1 aliphatic carbocycles. The second kappa shape index (κ2) is 7.62. The van der Waals surface area contributed by atoms with Crippen LogP contribution in [0.25, 0.3) is 10.1 Å². The Morgan fingerprint density at radius 1 is 1.33 bits per heavy atom. The highest BCUT2D eigenvalue weighted by molar-refractivity contribution is 7.21. The molecule has 0 aliphatic heterocycles. The van der Waals surface area contributed by atoms with E-state index < -0.39 is 0 Å². The number of amides is 1. The molecule has 0 spiro atoms. The van der Waals surface area contributed by atoms with Gasteiger partial charge in [0.1, 0.15) is 5.82 Å². The number of fused-ring (bicyclic) bond motifs is 1. The van der Waals surface area contributed by atoms with E-state index in [1.807, 2.05) is 6.07 Å². The fourth-order valence-electron chi connectivity index (χ4n) is 3.60. The quantitative estimate of drug-likeness (QED) is 0.835. The Bertz CT molecular complexity index is 719. The summed E-state index contributed by atoms with van der Waals surface area (Å²) < 4.78 is 20.2. The molecule has 0 unspecified atom stereocenters. The molecule has 2 aromatic rings. The summed E-state index contributed by atoms with van der Waals surface area (Å²) >= 11 is 1.35. The van der Waals surface area contributed by atoms with Gasteiger partial charge < -0.3 is 10.1 Å². The Morgan fingerprint density at radius 3 is 2.75 bits per heavy atom. The Balaban J connectivity index is 1.82. The van der Waals surface area contributed by atoms with Crippen LogP contribution >= 0.6 is 11.3 Å². The standard InChI is InChI=1S/C19H24FNO2S/c1-3-12-7-9-13(10-8-12)21-19(22)18-14(11-23-2)17-15(20)5-4-6-16(17)24-18/h4-6,12-13H,3,7-11H2,1-2H3,(H,21,22). The molecule has 130 valence electrons. The smallest absolute Gasteiger partial charge is 0.261 e. The van der Waals surface area contributed by atoms with Crippen LogP contribution in [0.3, 0.4) is 0 Å². The molecule has 1 N–H and O–H groups in total. The van der Waals surface area contributed by atoms with Crippen molar-refractivity contribution < 1.29 is 13.9 Å². The van der Waals surface area contributed by atoms with Gasteiger partial charge in [-0.2, -0.15) is 0 Å². The van der Waals surface area contributed by atoms with Crippen LogP contribution in [0, 0.1) is 11.7 Å². The van der Waals surface area contributed by atoms with E-state index in [9.17, 15) is 9.18 Å². The van der Waals surface area contributed by atoms with Crippen LogP contribution in [0.1, 0.15) is 54.3 Å². The van der Waals surface area contributed by atoms with Crippen molar-refractivity contribution in [3.05, 3.63) is 34.5 Å². The highest BCUT2D eigenvalue weighted by atomic mass is 32.1. The SMILES string of the molecule is CCC1CCC(NC(=O)c2sc3cccc(F)c3c2COC)CC1. The fraction of sp³-hybridized carbons (Fsp3) is 0.526. The molecule has 1 amide bonds. The number of thiophene rings is 1. The lowest BCUT2D eigenvalue weighted by atomic mass is 9.84. The van der Waals surface area contributed by atoms with E-state index in [1.54, 1.807) is 13.2 Å². The van der Waals surface area contributed by atoms with Gasteiger partial charge >= 0.3 is 0 Å². The molecule has 1 heterocycles. The first-order valence-electron chi connectivity index (χ1n) is 8.63. The molecule has 1 aliphatic rings. The number of hydrogen-bond donors (Lipinski definition) is 1. The van der Waals surface area contributed by atoms with Crippen LogP contribution in [-0.2, 0) is 11.3 Å². The zero-order chi connectivity index (χ0) is 17.1. The first-order valence-corrected chi connectivity index (χ1v) is 9.45. The number of nitrogens with one attached hydrogen (secondary N) is 1. The molecule has 24 heavy (non-hydrogen) atoms. The molecule has 1 aromatic heterocycles. The lowest BCUT2D eigenvalue weighted by molar-refractivity contribution is 0.0921. The van der Waals surface area contributed by atoms with E-state index >= 15 is 0 Å². The highest BCUT2D eigenvalue weighted by Gasteiger charge is 2.25. The first kappa shape index (κ1) is 17.4. The van der Waals surface area contributed by atoms with E-state index in [4.69, 9.17) is 4.74 Å². The molecule has 0 radical (unpaired) electrons. The van der Waals surface area contributed by atoms with Crippen molar-refractivity contribution >= 4 is 27.3 Å². The minimum atomic E-state index is -0.293. The van der Waals surface area contributed by atoms with Crippen molar-refractivity contribution in [2.75, 3.05) is 7.11 Å². The van der Waals surface area contributed by atoms with E-state index in [1.165, 1.54) is 36.7 Å². The summed E-state index contributed by atoms with van der Waals surface area (Å²) in [6.45, 7) is 2.47. The zero-order valence-corrected chi connectivity index (χ0v) is 15.0. The summed E-state index contributed by atoms with van der Waals surface area (Å²) in [5.41, 5.74) is 0.662. The predicted molar refractivity (Wildman–Crippen MR) is 96.0 cm³/mol. The highest BCUT2D eigenvalue weighted by Crippen LogP contribution is 2.34. The molecular weight excluding hydrogens is 325 g/mol. The Labute approximate surface area is 146 Å². The van der Waals surface area contributed by atoms with E-state index in [-0.39, 0.29) is 24.4 Å². The molecule has 1 fully saturated rings. The average Bonchev–Trinajstić information content (AvgIpc) is 2.96. The van der Waals surface area contributed by atoms with Gasteiger partial charge in [0.05, 0.1) is 11.5 Å². The third-order valence-corrected chi connectivity index (χ3v) is 6.21. The molecule has 0 bridgehead atoms. The van der Waals surface area contributed by atoms with Gasteiger partial charge in [0.25, 0.3) is 5.91 Å². The number of carbonyl (C=O) groups is 1. The van der Waals surface area contributed by atoms with Crippen molar-refractivity contribution in [1.29, 1.82) is 0 Å². The number of benzene rings is 1.